The zero-order valence-corrected chi connectivity index (χ0v) is 8.42. The SMILES string of the molecule is CSC1=CC(=O)C(SC)=CC1=O. The van der Waals surface area contributed by atoms with Gasteiger partial charge >= 0.3 is 0 Å². The summed E-state index contributed by atoms with van der Waals surface area (Å²) in [5.41, 5.74) is 0. The minimum Gasteiger partial charge on any atom is -0.289 e. The van der Waals surface area contributed by atoms with Gasteiger partial charge < -0.3 is 0 Å². The summed E-state index contributed by atoms with van der Waals surface area (Å²) in [5.74, 6) is -0.127. The fourth-order valence-electron chi connectivity index (χ4n) is 0.842. The monoisotopic (exact) mass is 200 g/mol. The van der Waals surface area contributed by atoms with E-state index in [-0.39, 0.29) is 11.6 Å². The van der Waals surface area contributed by atoms with Gasteiger partial charge in [-0.15, -0.1) is 23.5 Å². The lowest BCUT2D eigenvalue weighted by Gasteiger charge is -2.07. The van der Waals surface area contributed by atoms with Gasteiger partial charge in [0.2, 0.25) is 0 Å². The summed E-state index contributed by atoms with van der Waals surface area (Å²) in [7, 11) is 0. The van der Waals surface area contributed by atoms with Crippen molar-refractivity contribution in [2.75, 3.05) is 12.5 Å². The molecule has 0 aromatic rings. The van der Waals surface area contributed by atoms with Crippen molar-refractivity contribution in [2.45, 2.75) is 0 Å². The summed E-state index contributed by atoms with van der Waals surface area (Å²) in [6, 6.07) is 0. The molecule has 12 heavy (non-hydrogen) atoms. The first-order chi connectivity index (χ1) is 5.69. The lowest BCUT2D eigenvalue weighted by atomic mass is 10.2. The Labute approximate surface area is 79.5 Å². The van der Waals surface area contributed by atoms with Gasteiger partial charge in [0.1, 0.15) is 0 Å². The van der Waals surface area contributed by atoms with E-state index in [0.29, 0.717) is 9.81 Å². The van der Waals surface area contributed by atoms with E-state index >= 15 is 0 Å². The molecule has 1 rings (SSSR count). The summed E-state index contributed by atoms with van der Waals surface area (Å²) in [6.45, 7) is 0. The minimum absolute atomic E-state index is 0.0635. The molecule has 0 unspecified atom stereocenters. The standard InChI is InChI=1S/C8H8O2S2/c1-11-7-3-6(10)8(12-2)4-5(7)9/h3-4H,1-2H3. The van der Waals surface area contributed by atoms with E-state index in [1.54, 1.807) is 12.5 Å². The van der Waals surface area contributed by atoms with E-state index in [2.05, 4.69) is 0 Å². The maximum absolute atomic E-state index is 11.2. The summed E-state index contributed by atoms with van der Waals surface area (Å²) in [4.78, 5) is 23.5. The lowest BCUT2D eigenvalue weighted by Crippen LogP contribution is -2.09. The highest BCUT2D eigenvalue weighted by Gasteiger charge is 2.18. The van der Waals surface area contributed by atoms with Gasteiger partial charge in [0, 0.05) is 12.2 Å². The highest BCUT2D eigenvalue weighted by atomic mass is 32.2. The fraction of sp³-hybridized carbons (Fsp3) is 0.250. The van der Waals surface area contributed by atoms with Crippen LogP contribution in [0.25, 0.3) is 0 Å². The van der Waals surface area contributed by atoms with Crippen LogP contribution in [0.2, 0.25) is 0 Å². The Morgan fingerprint density at radius 1 is 0.917 bits per heavy atom. The largest absolute Gasteiger partial charge is 0.289 e. The molecule has 0 aliphatic heterocycles. The lowest BCUT2D eigenvalue weighted by molar-refractivity contribution is -0.114. The average Bonchev–Trinajstić information content (AvgIpc) is 2.08. The molecule has 0 aromatic heterocycles. The molecule has 1 aliphatic carbocycles. The Bertz CT molecular complexity index is 259. The summed E-state index contributed by atoms with van der Waals surface area (Å²) < 4.78 is 0. The maximum Gasteiger partial charge on any atom is 0.193 e. The van der Waals surface area contributed by atoms with Crippen molar-refractivity contribution in [2.24, 2.45) is 0 Å². The molecule has 0 saturated heterocycles. The first kappa shape index (κ1) is 9.61. The molecule has 0 atom stereocenters. The van der Waals surface area contributed by atoms with Crippen LogP contribution in [0.1, 0.15) is 0 Å². The van der Waals surface area contributed by atoms with Crippen LogP contribution in [0.4, 0.5) is 0 Å². The van der Waals surface area contributed by atoms with Crippen LogP contribution in [0, 0.1) is 0 Å². The highest BCUT2D eigenvalue weighted by Crippen LogP contribution is 2.24. The topological polar surface area (TPSA) is 34.1 Å². The molecule has 0 fully saturated rings. The van der Waals surface area contributed by atoms with Crippen LogP contribution in [0.5, 0.6) is 0 Å². The molecule has 4 heteroatoms. The Kier molecular flexibility index (Phi) is 3.17. The van der Waals surface area contributed by atoms with Gasteiger partial charge in [-0.05, 0) is 12.5 Å². The molecule has 0 saturated carbocycles. The molecule has 0 radical (unpaired) electrons. The number of carbonyl (C=O) groups is 2. The number of carbonyl (C=O) groups excluding carboxylic acids is 2. The maximum atomic E-state index is 11.2. The third kappa shape index (κ3) is 1.81. The number of hydrogen-bond donors (Lipinski definition) is 0. The van der Waals surface area contributed by atoms with E-state index < -0.39 is 0 Å². The van der Waals surface area contributed by atoms with Crippen LogP contribution in [0.3, 0.4) is 0 Å². The normalized spacial score (nSPS) is 17.5. The van der Waals surface area contributed by atoms with Crippen LogP contribution in [0.15, 0.2) is 22.0 Å². The van der Waals surface area contributed by atoms with E-state index in [9.17, 15) is 9.59 Å². The average molecular weight is 200 g/mol. The summed E-state index contributed by atoms with van der Waals surface area (Å²) in [6.07, 6.45) is 6.38. The van der Waals surface area contributed by atoms with Crippen molar-refractivity contribution < 1.29 is 9.59 Å². The van der Waals surface area contributed by atoms with Crippen LogP contribution in [-0.4, -0.2) is 24.1 Å². The van der Waals surface area contributed by atoms with Crippen LogP contribution >= 0.6 is 23.5 Å². The van der Waals surface area contributed by atoms with Gasteiger partial charge in [0.25, 0.3) is 0 Å². The van der Waals surface area contributed by atoms with Crippen molar-refractivity contribution in [1.29, 1.82) is 0 Å². The van der Waals surface area contributed by atoms with Gasteiger partial charge in [-0.25, -0.2) is 0 Å². The van der Waals surface area contributed by atoms with Gasteiger partial charge in [-0.2, -0.15) is 0 Å². The first-order valence-corrected chi connectivity index (χ1v) is 5.74. The van der Waals surface area contributed by atoms with Crippen LogP contribution < -0.4 is 0 Å². The molecule has 0 N–H and O–H groups in total. The third-order valence-electron chi connectivity index (χ3n) is 1.45. The second-order valence-electron chi connectivity index (χ2n) is 2.15. The summed E-state index contributed by atoms with van der Waals surface area (Å²) >= 11 is 2.61. The zero-order chi connectivity index (χ0) is 9.14. The van der Waals surface area contributed by atoms with E-state index in [4.69, 9.17) is 0 Å². The molecule has 0 bridgehead atoms. The van der Waals surface area contributed by atoms with E-state index in [1.165, 1.54) is 35.7 Å². The van der Waals surface area contributed by atoms with Crippen LogP contribution in [-0.2, 0) is 9.59 Å². The van der Waals surface area contributed by atoms with E-state index in [1.807, 2.05) is 0 Å². The Morgan fingerprint density at radius 2 is 1.25 bits per heavy atom. The van der Waals surface area contributed by atoms with E-state index in [0.717, 1.165) is 0 Å². The van der Waals surface area contributed by atoms with Crippen molar-refractivity contribution in [1.82, 2.24) is 0 Å². The number of ketones is 2. The predicted octanol–water partition coefficient (Wildman–Crippen LogP) is 1.63. The molecule has 1 aliphatic rings. The van der Waals surface area contributed by atoms with Crippen molar-refractivity contribution >= 4 is 35.1 Å². The van der Waals surface area contributed by atoms with Gasteiger partial charge in [-0.3, -0.25) is 9.59 Å². The highest BCUT2D eigenvalue weighted by molar-refractivity contribution is 8.04. The second kappa shape index (κ2) is 3.96. The predicted molar refractivity (Wildman–Crippen MR) is 53.2 cm³/mol. The smallest absolute Gasteiger partial charge is 0.193 e. The molecule has 2 nitrogen and oxygen atoms in total. The van der Waals surface area contributed by atoms with Gasteiger partial charge in [-0.1, -0.05) is 0 Å². The minimum atomic E-state index is -0.0635. The van der Waals surface area contributed by atoms with Gasteiger partial charge in [0.15, 0.2) is 11.6 Å². The van der Waals surface area contributed by atoms with Crippen molar-refractivity contribution in [3.8, 4) is 0 Å². The van der Waals surface area contributed by atoms with Crippen molar-refractivity contribution in [3.05, 3.63) is 22.0 Å². The molecular formula is C8H8O2S2. The second-order valence-corrected chi connectivity index (χ2v) is 3.85. The zero-order valence-electron chi connectivity index (χ0n) is 6.79. The molecular weight excluding hydrogens is 192 g/mol. The first-order valence-electron chi connectivity index (χ1n) is 3.29. The third-order valence-corrected chi connectivity index (χ3v) is 2.97. The number of allylic oxidation sites excluding steroid dienone is 4. The van der Waals surface area contributed by atoms with Crippen molar-refractivity contribution in [3.63, 3.8) is 0 Å². The Hall–Kier alpha value is -0.480. The molecule has 0 heterocycles. The Balaban J connectivity index is 2.94. The molecule has 64 valence electrons. The quantitative estimate of drug-likeness (QED) is 0.634. The number of rotatable bonds is 2. The molecule has 0 spiro atoms. The van der Waals surface area contributed by atoms with Gasteiger partial charge in [0.05, 0.1) is 9.81 Å². The molecule has 0 amide bonds. The number of thioether (sulfide) groups is 2. The number of hydrogen-bond acceptors (Lipinski definition) is 4. The molecule has 0 aromatic carbocycles. The Morgan fingerprint density at radius 3 is 1.50 bits per heavy atom. The summed E-state index contributed by atoms with van der Waals surface area (Å²) in [5, 5.41) is 0. The fourth-order valence-corrected chi connectivity index (χ4v) is 1.81.